The van der Waals surface area contributed by atoms with Gasteiger partial charge in [-0.25, -0.2) is 0 Å². The van der Waals surface area contributed by atoms with E-state index in [2.05, 4.69) is 0 Å². The second-order valence-corrected chi connectivity index (χ2v) is 7.82. The van der Waals surface area contributed by atoms with E-state index >= 15 is 0 Å². The number of benzene rings is 2. The molecule has 1 fully saturated rings. The predicted molar refractivity (Wildman–Crippen MR) is 120 cm³/mol. The fraction of sp³-hybridized carbons (Fsp3) is 0.360. The summed E-state index contributed by atoms with van der Waals surface area (Å²) in [7, 11) is 0. The summed E-state index contributed by atoms with van der Waals surface area (Å²) < 4.78 is 11.0. The number of ether oxygens (including phenoxy) is 2. The Bertz CT molecular complexity index is 996. The number of aliphatic hydroxyl groups excluding tert-OH is 1. The number of amides is 1. The summed E-state index contributed by atoms with van der Waals surface area (Å²) in [5.74, 6) is -1.05. The van der Waals surface area contributed by atoms with E-state index in [9.17, 15) is 19.8 Å². The smallest absolute Gasteiger partial charge is 0.295 e. The highest BCUT2D eigenvalue weighted by molar-refractivity contribution is 6.46. The van der Waals surface area contributed by atoms with E-state index in [4.69, 9.17) is 9.47 Å². The first-order valence-electron chi connectivity index (χ1n) is 10.8. The van der Waals surface area contributed by atoms with Crippen LogP contribution in [0.15, 0.2) is 54.1 Å². The number of carbonyl (C=O) groups excluding carboxylic acids is 2. The molecular weight excluding hydrogens is 410 g/mol. The molecule has 1 amide bonds. The molecule has 1 atom stereocenters. The summed E-state index contributed by atoms with van der Waals surface area (Å²) >= 11 is 0. The summed E-state index contributed by atoms with van der Waals surface area (Å²) in [6.45, 7) is 6.95. The van der Waals surface area contributed by atoms with Gasteiger partial charge in [0.2, 0.25) is 0 Å². The van der Waals surface area contributed by atoms with Gasteiger partial charge in [0.05, 0.1) is 24.3 Å². The van der Waals surface area contributed by atoms with Gasteiger partial charge in [-0.05, 0) is 69.2 Å². The number of carbonyl (C=O) groups is 2. The summed E-state index contributed by atoms with van der Waals surface area (Å²) in [4.78, 5) is 27.3. The van der Waals surface area contributed by atoms with E-state index in [0.717, 1.165) is 0 Å². The Morgan fingerprint density at radius 1 is 1.12 bits per heavy atom. The van der Waals surface area contributed by atoms with E-state index in [-0.39, 0.29) is 29.7 Å². The molecule has 0 aromatic heterocycles. The molecule has 2 N–H and O–H groups in total. The zero-order valence-corrected chi connectivity index (χ0v) is 18.6. The van der Waals surface area contributed by atoms with E-state index in [0.29, 0.717) is 36.5 Å². The number of nitrogens with zero attached hydrogens (tertiary/aromatic N) is 1. The van der Waals surface area contributed by atoms with Gasteiger partial charge in [0.15, 0.2) is 0 Å². The molecule has 7 nitrogen and oxygen atoms in total. The number of likely N-dealkylation sites (tertiary alicyclic amines) is 1. The van der Waals surface area contributed by atoms with Crippen molar-refractivity contribution >= 4 is 17.4 Å². The normalized spacial score (nSPS) is 17.9. The standard InChI is InChI=1S/C25H29NO6/c1-4-31-20-11-9-17(10-12-20)23(28)21-22(18-7-5-8-19(27)15-18)26(25(30)24(21)29)13-6-14-32-16(2)3/h5,7-12,15-16,22,27-28H,4,6,13-14H2,1-3H3/b23-21-. The molecule has 7 heteroatoms. The summed E-state index contributed by atoms with van der Waals surface area (Å²) in [6.07, 6.45) is 0.593. The van der Waals surface area contributed by atoms with Crippen molar-refractivity contribution in [3.8, 4) is 11.5 Å². The van der Waals surface area contributed by atoms with Crippen molar-refractivity contribution in [3.63, 3.8) is 0 Å². The first kappa shape index (κ1) is 23.3. The minimum atomic E-state index is -0.812. The van der Waals surface area contributed by atoms with Crippen molar-refractivity contribution in [2.24, 2.45) is 0 Å². The molecule has 0 radical (unpaired) electrons. The number of hydrogen-bond donors (Lipinski definition) is 2. The van der Waals surface area contributed by atoms with Crippen LogP contribution in [0.25, 0.3) is 5.76 Å². The van der Waals surface area contributed by atoms with Crippen molar-refractivity contribution in [2.75, 3.05) is 19.8 Å². The molecule has 0 aliphatic carbocycles. The Labute approximate surface area is 187 Å². The number of phenolic OH excluding ortho intramolecular Hbond substituents is 1. The third-order valence-electron chi connectivity index (χ3n) is 5.16. The van der Waals surface area contributed by atoms with E-state index in [1.165, 1.54) is 17.0 Å². The van der Waals surface area contributed by atoms with Crippen LogP contribution in [0.5, 0.6) is 11.5 Å². The molecule has 0 saturated carbocycles. The fourth-order valence-corrected chi connectivity index (χ4v) is 3.74. The second kappa shape index (κ2) is 10.3. The molecule has 1 aliphatic rings. The number of phenols is 1. The summed E-state index contributed by atoms with van der Waals surface area (Å²) in [6, 6.07) is 12.2. The van der Waals surface area contributed by atoms with Gasteiger partial charge in [-0.3, -0.25) is 9.59 Å². The molecule has 1 saturated heterocycles. The Morgan fingerprint density at radius 3 is 2.47 bits per heavy atom. The lowest BCUT2D eigenvalue weighted by molar-refractivity contribution is -0.140. The van der Waals surface area contributed by atoms with Crippen LogP contribution in [0.2, 0.25) is 0 Å². The van der Waals surface area contributed by atoms with Crippen LogP contribution in [0, 0.1) is 0 Å². The summed E-state index contributed by atoms with van der Waals surface area (Å²) in [5.41, 5.74) is 0.941. The highest BCUT2D eigenvalue weighted by Gasteiger charge is 2.45. The SMILES string of the molecule is CCOc1ccc(/C(O)=C2/C(=O)C(=O)N(CCCOC(C)C)C2c2cccc(O)c2)cc1. The molecule has 170 valence electrons. The average molecular weight is 440 g/mol. The Morgan fingerprint density at radius 2 is 1.84 bits per heavy atom. The van der Waals surface area contributed by atoms with Crippen LogP contribution >= 0.6 is 0 Å². The maximum absolute atomic E-state index is 13.0. The van der Waals surface area contributed by atoms with Gasteiger partial charge in [-0.1, -0.05) is 12.1 Å². The van der Waals surface area contributed by atoms with Gasteiger partial charge in [0, 0.05) is 18.7 Å². The monoisotopic (exact) mass is 439 g/mol. The maximum Gasteiger partial charge on any atom is 0.295 e. The lowest BCUT2D eigenvalue weighted by atomic mass is 9.95. The predicted octanol–water partition coefficient (Wildman–Crippen LogP) is 4.03. The number of rotatable bonds is 9. The first-order valence-corrected chi connectivity index (χ1v) is 10.8. The maximum atomic E-state index is 13.0. The van der Waals surface area contributed by atoms with E-state index < -0.39 is 17.7 Å². The summed E-state index contributed by atoms with van der Waals surface area (Å²) in [5, 5.41) is 21.0. The minimum Gasteiger partial charge on any atom is -0.508 e. The highest BCUT2D eigenvalue weighted by atomic mass is 16.5. The van der Waals surface area contributed by atoms with Gasteiger partial charge < -0.3 is 24.6 Å². The third kappa shape index (κ3) is 5.11. The first-order chi connectivity index (χ1) is 15.3. The lowest BCUT2D eigenvalue weighted by Gasteiger charge is -2.25. The average Bonchev–Trinajstić information content (AvgIpc) is 3.02. The molecule has 0 spiro atoms. The zero-order chi connectivity index (χ0) is 23.3. The molecular formula is C25H29NO6. The van der Waals surface area contributed by atoms with Crippen LogP contribution in [0.4, 0.5) is 0 Å². The largest absolute Gasteiger partial charge is 0.508 e. The van der Waals surface area contributed by atoms with Gasteiger partial charge in [0.1, 0.15) is 17.3 Å². The van der Waals surface area contributed by atoms with Gasteiger partial charge in [-0.2, -0.15) is 0 Å². The highest BCUT2D eigenvalue weighted by Crippen LogP contribution is 2.40. The molecule has 1 unspecified atom stereocenters. The van der Waals surface area contributed by atoms with Crippen LogP contribution in [0.1, 0.15) is 44.4 Å². The number of aliphatic hydroxyl groups is 1. The van der Waals surface area contributed by atoms with E-state index in [1.54, 1.807) is 36.4 Å². The Hall–Kier alpha value is -3.32. The third-order valence-corrected chi connectivity index (χ3v) is 5.16. The van der Waals surface area contributed by atoms with Crippen molar-refractivity contribution in [1.29, 1.82) is 0 Å². The van der Waals surface area contributed by atoms with Crippen molar-refractivity contribution in [1.82, 2.24) is 4.90 Å². The molecule has 1 heterocycles. The second-order valence-electron chi connectivity index (χ2n) is 7.82. The van der Waals surface area contributed by atoms with Crippen molar-refractivity contribution in [3.05, 3.63) is 65.2 Å². The quantitative estimate of drug-likeness (QED) is 0.265. The molecule has 32 heavy (non-hydrogen) atoms. The van der Waals surface area contributed by atoms with Gasteiger partial charge >= 0.3 is 0 Å². The number of aromatic hydroxyl groups is 1. The number of Topliss-reactive ketones (excluding diaryl/α,β-unsaturated/α-hetero) is 1. The van der Waals surface area contributed by atoms with Crippen molar-refractivity contribution in [2.45, 2.75) is 39.3 Å². The van der Waals surface area contributed by atoms with Crippen LogP contribution in [-0.4, -0.2) is 52.7 Å². The van der Waals surface area contributed by atoms with E-state index in [1.807, 2.05) is 20.8 Å². The van der Waals surface area contributed by atoms with Crippen molar-refractivity contribution < 1.29 is 29.3 Å². The number of ketones is 1. The minimum absolute atomic E-state index is 0.00506. The molecule has 3 rings (SSSR count). The number of hydrogen-bond acceptors (Lipinski definition) is 6. The van der Waals surface area contributed by atoms with Gasteiger partial charge in [-0.15, -0.1) is 0 Å². The fourth-order valence-electron chi connectivity index (χ4n) is 3.74. The van der Waals surface area contributed by atoms with Gasteiger partial charge in [0.25, 0.3) is 11.7 Å². The molecule has 2 aromatic carbocycles. The molecule has 0 bridgehead atoms. The van der Waals surface area contributed by atoms with Crippen LogP contribution in [-0.2, 0) is 14.3 Å². The molecule has 2 aromatic rings. The Balaban J connectivity index is 2.01. The lowest BCUT2D eigenvalue weighted by Crippen LogP contribution is -2.31. The topological polar surface area (TPSA) is 96.3 Å². The zero-order valence-electron chi connectivity index (χ0n) is 18.6. The van der Waals surface area contributed by atoms with Crippen LogP contribution in [0.3, 0.4) is 0 Å². The Kier molecular flexibility index (Phi) is 7.53. The molecule has 1 aliphatic heterocycles. The van der Waals surface area contributed by atoms with Crippen LogP contribution < -0.4 is 4.74 Å².